The molecule has 0 spiro atoms. The second kappa shape index (κ2) is 7.02. The van der Waals surface area contributed by atoms with Crippen LogP contribution < -0.4 is 4.74 Å². The Labute approximate surface area is 126 Å². The highest BCUT2D eigenvalue weighted by molar-refractivity contribution is 5.73. The van der Waals surface area contributed by atoms with E-state index in [0.29, 0.717) is 11.3 Å². The Morgan fingerprint density at radius 2 is 1.73 bits per heavy atom. The van der Waals surface area contributed by atoms with Crippen LogP contribution in [0.25, 0.3) is 0 Å². The van der Waals surface area contributed by atoms with Crippen LogP contribution in [0.2, 0.25) is 0 Å². The van der Waals surface area contributed by atoms with Gasteiger partial charge in [0.05, 0.1) is 0 Å². The average Bonchev–Trinajstić information content (AvgIpc) is 2.53. The van der Waals surface area contributed by atoms with Crippen LogP contribution in [-0.2, 0) is 11.4 Å². The molecule has 2 unspecified atom stereocenters. The Bertz CT molecular complexity index is 641. The van der Waals surface area contributed by atoms with E-state index >= 15 is 0 Å². The van der Waals surface area contributed by atoms with Crippen molar-refractivity contribution in [3.05, 3.63) is 65.5 Å². The molecule has 2 aromatic carbocycles. The molecule has 0 aromatic heterocycles. The number of carbonyl (C=O) groups is 1. The number of hydrogen-bond donors (Lipinski definition) is 3. The van der Waals surface area contributed by atoms with Crippen LogP contribution in [0.5, 0.6) is 5.75 Å². The minimum Gasteiger partial charge on any atom is -0.489 e. The lowest BCUT2D eigenvalue weighted by atomic mass is 10.0. The Morgan fingerprint density at radius 1 is 1.09 bits per heavy atom. The number of rotatable bonds is 6. The van der Waals surface area contributed by atoms with Crippen molar-refractivity contribution in [3.63, 3.8) is 0 Å². The van der Waals surface area contributed by atoms with E-state index in [-0.39, 0.29) is 18.0 Å². The summed E-state index contributed by atoms with van der Waals surface area (Å²) in [7, 11) is 0. The number of carboxylic acids is 1. The molecule has 2 rings (SSSR count). The van der Waals surface area contributed by atoms with Gasteiger partial charge in [-0.15, -0.1) is 0 Å². The monoisotopic (exact) mass is 306 g/mol. The fraction of sp³-hybridized carbons (Fsp3) is 0.188. The highest BCUT2D eigenvalue weighted by Crippen LogP contribution is 2.21. The highest BCUT2D eigenvalue weighted by Gasteiger charge is 2.24. The van der Waals surface area contributed by atoms with Crippen LogP contribution in [0.15, 0.2) is 48.5 Å². The van der Waals surface area contributed by atoms with Crippen molar-refractivity contribution in [1.29, 1.82) is 0 Å². The van der Waals surface area contributed by atoms with Gasteiger partial charge in [0.15, 0.2) is 6.10 Å². The molecule has 0 fully saturated rings. The van der Waals surface area contributed by atoms with Crippen molar-refractivity contribution in [2.24, 2.45) is 0 Å². The van der Waals surface area contributed by atoms with Gasteiger partial charge in [0.1, 0.15) is 24.3 Å². The molecule has 0 aliphatic carbocycles. The van der Waals surface area contributed by atoms with Crippen LogP contribution in [0, 0.1) is 5.82 Å². The van der Waals surface area contributed by atoms with Crippen molar-refractivity contribution < 1.29 is 29.2 Å². The van der Waals surface area contributed by atoms with Gasteiger partial charge in [-0.3, -0.25) is 0 Å². The van der Waals surface area contributed by atoms with Gasteiger partial charge in [0.2, 0.25) is 0 Å². The van der Waals surface area contributed by atoms with E-state index in [1.54, 1.807) is 18.2 Å². The van der Waals surface area contributed by atoms with E-state index in [2.05, 4.69) is 0 Å². The molecule has 116 valence electrons. The summed E-state index contributed by atoms with van der Waals surface area (Å²) in [5, 5.41) is 27.6. The van der Waals surface area contributed by atoms with Gasteiger partial charge in [-0.2, -0.15) is 0 Å². The molecule has 0 aliphatic heterocycles. The SMILES string of the molecule is O=C(O)C(O)C(O)c1ccc(OCc2ccccc2F)cc1. The lowest BCUT2D eigenvalue weighted by Crippen LogP contribution is -2.27. The van der Waals surface area contributed by atoms with Gasteiger partial charge >= 0.3 is 5.97 Å². The van der Waals surface area contributed by atoms with Crippen LogP contribution in [-0.4, -0.2) is 27.4 Å². The molecule has 6 heteroatoms. The molecule has 2 atom stereocenters. The molecule has 2 aromatic rings. The zero-order valence-electron chi connectivity index (χ0n) is 11.5. The number of aliphatic hydroxyl groups excluding tert-OH is 2. The smallest absolute Gasteiger partial charge is 0.335 e. The molecule has 0 heterocycles. The summed E-state index contributed by atoms with van der Waals surface area (Å²) in [4.78, 5) is 10.6. The fourth-order valence-corrected chi connectivity index (χ4v) is 1.86. The summed E-state index contributed by atoms with van der Waals surface area (Å²) in [5.41, 5.74) is 0.654. The lowest BCUT2D eigenvalue weighted by Gasteiger charge is -2.15. The molecular formula is C16H15FO5. The second-order valence-corrected chi connectivity index (χ2v) is 4.68. The molecule has 0 radical (unpaired) electrons. The minimum atomic E-state index is -1.90. The maximum Gasteiger partial charge on any atom is 0.335 e. The summed E-state index contributed by atoms with van der Waals surface area (Å²) in [6.45, 7) is 0.0479. The fourth-order valence-electron chi connectivity index (χ4n) is 1.86. The third kappa shape index (κ3) is 3.81. The van der Waals surface area contributed by atoms with Crippen molar-refractivity contribution in [2.45, 2.75) is 18.8 Å². The zero-order chi connectivity index (χ0) is 16.1. The molecular weight excluding hydrogens is 291 g/mol. The number of ether oxygens (including phenoxy) is 1. The van der Waals surface area contributed by atoms with Crippen LogP contribution >= 0.6 is 0 Å². The van der Waals surface area contributed by atoms with Crippen molar-refractivity contribution in [3.8, 4) is 5.75 Å². The van der Waals surface area contributed by atoms with E-state index < -0.39 is 18.2 Å². The van der Waals surface area contributed by atoms with Gasteiger partial charge in [-0.25, -0.2) is 9.18 Å². The Morgan fingerprint density at radius 3 is 2.32 bits per heavy atom. The number of carboxylic acid groups (broad SMARTS) is 1. The third-order valence-electron chi connectivity index (χ3n) is 3.13. The van der Waals surface area contributed by atoms with Gasteiger partial charge in [0.25, 0.3) is 0 Å². The quantitative estimate of drug-likeness (QED) is 0.758. The maximum absolute atomic E-state index is 13.4. The van der Waals surface area contributed by atoms with Gasteiger partial charge in [-0.1, -0.05) is 30.3 Å². The number of aliphatic hydroxyl groups is 2. The molecule has 5 nitrogen and oxygen atoms in total. The van der Waals surface area contributed by atoms with Crippen molar-refractivity contribution in [2.75, 3.05) is 0 Å². The largest absolute Gasteiger partial charge is 0.489 e. The second-order valence-electron chi connectivity index (χ2n) is 4.68. The van der Waals surface area contributed by atoms with Crippen LogP contribution in [0.4, 0.5) is 4.39 Å². The first-order valence-electron chi connectivity index (χ1n) is 6.54. The summed E-state index contributed by atoms with van der Waals surface area (Å²) < 4.78 is 18.8. The first kappa shape index (κ1) is 15.9. The Kier molecular flexibility index (Phi) is 5.08. The van der Waals surface area contributed by atoms with Gasteiger partial charge in [0, 0.05) is 5.56 Å². The first-order chi connectivity index (χ1) is 10.5. The standard InChI is InChI=1S/C16H15FO5/c17-13-4-2-1-3-11(13)9-22-12-7-5-10(6-8-12)14(18)15(19)16(20)21/h1-8,14-15,18-19H,9H2,(H,20,21). The number of hydrogen-bond acceptors (Lipinski definition) is 4. The Balaban J connectivity index is 2.00. The summed E-state index contributed by atoms with van der Waals surface area (Å²) in [6.07, 6.45) is -3.43. The topological polar surface area (TPSA) is 87.0 Å². The number of halogens is 1. The van der Waals surface area contributed by atoms with E-state index in [4.69, 9.17) is 9.84 Å². The van der Waals surface area contributed by atoms with E-state index in [0.717, 1.165) is 0 Å². The maximum atomic E-state index is 13.4. The summed E-state index contributed by atoms with van der Waals surface area (Å²) in [5.74, 6) is -1.43. The van der Waals surface area contributed by atoms with Crippen LogP contribution in [0.3, 0.4) is 0 Å². The normalized spacial score (nSPS) is 13.4. The molecule has 0 aliphatic rings. The molecule has 0 bridgehead atoms. The average molecular weight is 306 g/mol. The lowest BCUT2D eigenvalue weighted by molar-refractivity contribution is -0.153. The Hall–Kier alpha value is -2.44. The number of benzene rings is 2. The van der Waals surface area contributed by atoms with Crippen molar-refractivity contribution >= 4 is 5.97 Å². The molecule has 3 N–H and O–H groups in total. The molecule has 22 heavy (non-hydrogen) atoms. The summed E-state index contributed by atoms with van der Waals surface area (Å²) >= 11 is 0. The van der Waals surface area contributed by atoms with E-state index in [1.807, 2.05) is 0 Å². The predicted molar refractivity (Wildman–Crippen MR) is 75.8 cm³/mol. The third-order valence-corrected chi connectivity index (χ3v) is 3.13. The van der Waals surface area contributed by atoms with Gasteiger partial charge < -0.3 is 20.1 Å². The van der Waals surface area contributed by atoms with Crippen molar-refractivity contribution in [1.82, 2.24) is 0 Å². The van der Waals surface area contributed by atoms with Crippen LogP contribution in [0.1, 0.15) is 17.2 Å². The highest BCUT2D eigenvalue weighted by atomic mass is 19.1. The minimum absolute atomic E-state index is 0.0479. The summed E-state index contributed by atoms with van der Waals surface area (Å²) in [6, 6.07) is 12.1. The zero-order valence-corrected chi connectivity index (χ0v) is 11.5. The van der Waals surface area contributed by atoms with E-state index in [1.165, 1.54) is 30.3 Å². The van der Waals surface area contributed by atoms with Gasteiger partial charge in [-0.05, 0) is 23.8 Å². The molecule has 0 amide bonds. The number of aliphatic carboxylic acids is 1. The first-order valence-corrected chi connectivity index (χ1v) is 6.54. The van der Waals surface area contributed by atoms with E-state index in [9.17, 15) is 19.4 Å². The molecule has 0 saturated carbocycles. The molecule has 0 saturated heterocycles. The predicted octanol–water partition coefficient (Wildman–Crippen LogP) is 1.88.